The van der Waals surface area contributed by atoms with Crippen LogP contribution in [0.4, 0.5) is 0 Å². The molecular formula is C37H58O13. The highest BCUT2D eigenvalue weighted by atomic mass is 16.7. The van der Waals surface area contributed by atoms with Gasteiger partial charge in [0.25, 0.3) is 0 Å². The van der Waals surface area contributed by atoms with E-state index in [0.717, 1.165) is 5.57 Å². The van der Waals surface area contributed by atoms with Gasteiger partial charge in [-0.2, -0.15) is 0 Å². The Bertz CT molecular complexity index is 1380. The molecule has 8 N–H and O–H groups in total. The van der Waals surface area contributed by atoms with E-state index in [2.05, 4.69) is 40.7 Å². The minimum atomic E-state index is -1.93. The maximum absolute atomic E-state index is 13.6. The molecule has 5 fully saturated rings. The highest BCUT2D eigenvalue weighted by molar-refractivity contribution is 5.78. The summed E-state index contributed by atoms with van der Waals surface area (Å²) < 4.78 is 17.8. The number of carboxylic acid groups (broad SMARTS) is 2. The van der Waals surface area contributed by atoms with Crippen molar-refractivity contribution in [3.8, 4) is 0 Å². The summed E-state index contributed by atoms with van der Waals surface area (Å²) in [6.07, 6.45) is -5.35. The molecule has 13 heteroatoms. The molecule has 5 aliphatic carbocycles. The van der Waals surface area contributed by atoms with Crippen molar-refractivity contribution in [3.05, 3.63) is 11.6 Å². The van der Waals surface area contributed by atoms with Crippen LogP contribution in [0.1, 0.15) is 86.0 Å². The van der Waals surface area contributed by atoms with Crippen LogP contribution in [-0.2, 0) is 23.8 Å². The number of hydrogen-bond donors (Lipinski definition) is 8. The van der Waals surface area contributed by atoms with E-state index in [-0.39, 0.29) is 23.7 Å². The minimum absolute atomic E-state index is 0.100. The SMILES string of the molecule is COC1CC2(C)C(CCC3(C)C2CC=C2C4CC(C)(C)CCC4(C(=O)O)C(O)CC23C)C(CO)(C(=O)O)C1OC1OC(CO)C(O)C(O)C1O. The van der Waals surface area contributed by atoms with E-state index in [1.807, 2.05) is 0 Å². The molecule has 0 amide bonds. The van der Waals surface area contributed by atoms with Gasteiger partial charge in [-0.15, -0.1) is 0 Å². The lowest BCUT2D eigenvalue weighted by atomic mass is 9.33. The number of hydrogen-bond acceptors (Lipinski definition) is 11. The molecule has 6 rings (SSSR count). The van der Waals surface area contributed by atoms with E-state index in [0.29, 0.717) is 44.9 Å². The molecule has 16 unspecified atom stereocenters. The number of aliphatic hydroxyl groups is 6. The van der Waals surface area contributed by atoms with E-state index in [1.54, 1.807) is 0 Å². The molecule has 50 heavy (non-hydrogen) atoms. The van der Waals surface area contributed by atoms with E-state index in [1.165, 1.54) is 7.11 Å². The lowest BCUT2D eigenvalue weighted by Crippen LogP contribution is -2.72. The fraction of sp³-hybridized carbons (Fsp3) is 0.892. The molecule has 16 atom stereocenters. The molecule has 0 spiro atoms. The van der Waals surface area contributed by atoms with Gasteiger partial charge in [0.05, 0.1) is 25.4 Å². The number of allylic oxidation sites excluding steroid dienone is 2. The zero-order chi connectivity index (χ0) is 37.0. The quantitative estimate of drug-likeness (QED) is 0.139. The third-order valence-electron chi connectivity index (χ3n) is 15.5. The molecule has 0 bridgehead atoms. The van der Waals surface area contributed by atoms with Crippen LogP contribution >= 0.6 is 0 Å². The van der Waals surface area contributed by atoms with E-state index < -0.39 is 107 Å². The Kier molecular flexibility index (Phi) is 9.47. The van der Waals surface area contributed by atoms with Gasteiger partial charge in [0, 0.05) is 7.11 Å². The van der Waals surface area contributed by atoms with Crippen molar-refractivity contribution in [1.29, 1.82) is 0 Å². The average Bonchev–Trinajstić information content (AvgIpc) is 3.04. The minimum Gasteiger partial charge on any atom is -0.481 e. The van der Waals surface area contributed by atoms with Crippen molar-refractivity contribution in [2.75, 3.05) is 20.3 Å². The lowest BCUT2D eigenvalue weighted by molar-refractivity contribution is -0.345. The van der Waals surface area contributed by atoms with Gasteiger partial charge in [-0.25, -0.2) is 0 Å². The fourth-order valence-corrected chi connectivity index (χ4v) is 12.6. The Balaban J connectivity index is 1.42. The third kappa shape index (κ3) is 4.90. The average molecular weight is 711 g/mol. The molecule has 1 aliphatic heterocycles. The first-order valence-corrected chi connectivity index (χ1v) is 18.2. The van der Waals surface area contributed by atoms with Gasteiger partial charge in [0.15, 0.2) is 6.29 Å². The first-order valence-electron chi connectivity index (χ1n) is 18.2. The van der Waals surface area contributed by atoms with Gasteiger partial charge in [-0.05, 0) is 90.8 Å². The van der Waals surface area contributed by atoms with Crippen LogP contribution in [0.3, 0.4) is 0 Å². The number of rotatable bonds is 7. The van der Waals surface area contributed by atoms with Crippen LogP contribution in [-0.4, -0.2) is 122 Å². The van der Waals surface area contributed by atoms with Crippen LogP contribution in [0, 0.1) is 50.2 Å². The molecule has 1 saturated heterocycles. The smallest absolute Gasteiger partial charge is 0.315 e. The number of aliphatic hydroxyl groups excluding tert-OH is 6. The van der Waals surface area contributed by atoms with Crippen molar-refractivity contribution in [1.82, 2.24) is 0 Å². The van der Waals surface area contributed by atoms with Gasteiger partial charge in [0.2, 0.25) is 0 Å². The largest absolute Gasteiger partial charge is 0.481 e. The van der Waals surface area contributed by atoms with Crippen LogP contribution in [0.2, 0.25) is 0 Å². The molecule has 4 saturated carbocycles. The Morgan fingerprint density at radius 1 is 0.880 bits per heavy atom. The van der Waals surface area contributed by atoms with Crippen molar-refractivity contribution in [2.24, 2.45) is 50.2 Å². The summed E-state index contributed by atoms with van der Waals surface area (Å²) in [7, 11) is 1.43. The topological polar surface area (TPSA) is 224 Å². The van der Waals surface area contributed by atoms with Crippen LogP contribution < -0.4 is 0 Å². The van der Waals surface area contributed by atoms with E-state index >= 15 is 0 Å². The second kappa shape index (κ2) is 12.4. The van der Waals surface area contributed by atoms with Crippen LogP contribution in [0.5, 0.6) is 0 Å². The fourth-order valence-electron chi connectivity index (χ4n) is 12.6. The molecular weight excluding hydrogens is 652 g/mol. The molecule has 0 aromatic carbocycles. The molecule has 1 heterocycles. The predicted molar refractivity (Wildman–Crippen MR) is 176 cm³/mol. The second-order valence-electron chi connectivity index (χ2n) is 18.0. The lowest BCUT2D eigenvalue weighted by Gasteiger charge is -2.72. The highest BCUT2D eigenvalue weighted by Gasteiger charge is 2.74. The van der Waals surface area contributed by atoms with Crippen molar-refractivity contribution < 1.29 is 64.7 Å². The van der Waals surface area contributed by atoms with Gasteiger partial charge in [-0.3, -0.25) is 9.59 Å². The summed E-state index contributed by atoms with van der Waals surface area (Å²) in [5, 5.41) is 86.2. The van der Waals surface area contributed by atoms with Crippen LogP contribution in [0.15, 0.2) is 11.6 Å². The zero-order valence-electron chi connectivity index (χ0n) is 30.1. The first kappa shape index (κ1) is 38.1. The summed E-state index contributed by atoms with van der Waals surface area (Å²) in [6, 6.07) is 0. The Hall–Kier alpha value is -1.68. The van der Waals surface area contributed by atoms with E-state index in [4.69, 9.17) is 14.2 Å². The molecule has 6 aliphatic rings. The van der Waals surface area contributed by atoms with Crippen molar-refractivity contribution in [2.45, 2.75) is 135 Å². The zero-order valence-corrected chi connectivity index (χ0v) is 30.1. The summed E-state index contributed by atoms with van der Waals surface area (Å²) >= 11 is 0. The number of aliphatic carboxylic acids is 2. The Labute approximate surface area is 293 Å². The summed E-state index contributed by atoms with van der Waals surface area (Å²) in [6.45, 7) is 9.23. The van der Waals surface area contributed by atoms with Crippen molar-refractivity contribution >= 4 is 11.9 Å². The van der Waals surface area contributed by atoms with Crippen LogP contribution in [0.25, 0.3) is 0 Å². The van der Waals surface area contributed by atoms with Gasteiger partial charge in [0.1, 0.15) is 41.3 Å². The summed E-state index contributed by atoms with van der Waals surface area (Å²) in [5.41, 5.74) is -4.01. The molecule has 13 nitrogen and oxygen atoms in total. The number of methoxy groups -OCH3 is 1. The number of ether oxygens (including phenoxy) is 3. The molecule has 284 valence electrons. The van der Waals surface area contributed by atoms with Crippen molar-refractivity contribution in [3.63, 3.8) is 0 Å². The number of carboxylic acids is 2. The monoisotopic (exact) mass is 710 g/mol. The van der Waals surface area contributed by atoms with Gasteiger partial charge in [-0.1, -0.05) is 46.3 Å². The molecule has 0 radical (unpaired) electrons. The molecule has 0 aromatic heterocycles. The second-order valence-corrected chi connectivity index (χ2v) is 18.0. The highest BCUT2D eigenvalue weighted by Crippen LogP contribution is 2.76. The van der Waals surface area contributed by atoms with Gasteiger partial charge < -0.3 is 55.1 Å². The Morgan fingerprint density at radius 2 is 1.56 bits per heavy atom. The molecule has 0 aromatic rings. The number of carbonyl (C=O) groups is 2. The predicted octanol–water partition coefficient (Wildman–Crippen LogP) is 1.69. The third-order valence-corrected chi connectivity index (χ3v) is 15.5. The standard InChI is InChI=1S/C37H58O13/c1-32(2)11-12-36(30(44)45)19(13-32)18-7-8-22-33(3)14-20(48-6)28(50-29-27(43)26(42)25(41)21(16-38)49-29)37(17-39,31(46)47)23(33)9-10-34(22,4)35(18,5)15-24(36)40/h7,19-29,38-43H,8-17H2,1-6H3,(H,44,45)(H,46,47). The summed E-state index contributed by atoms with van der Waals surface area (Å²) in [4.78, 5) is 26.7. The van der Waals surface area contributed by atoms with E-state index in [9.17, 15) is 50.4 Å². The number of fused-ring (bicyclic) bond motifs is 7. The normalized spacial score (nSPS) is 52.8. The maximum atomic E-state index is 13.6. The maximum Gasteiger partial charge on any atom is 0.315 e. The summed E-state index contributed by atoms with van der Waals surface area (Å²) in [5.74, 6) is -3.38. The van der Waals surface area contributed by atoms with Gasteiger partial charge >= 0.3 is 11.9 Å². The Morgan fingerprint density at radius 3 is 2.14 bits per heavy atom. The first-order chi connectivity index (χ1) is 23.3.